The first-order valence-corrected chi connectivity index (χ1v) is 8.80. The van der Waals surface area contributed by atoms with Crippen LogP contribution in [0.3, 0.4) is 0 Å². The molecule has 0 spiro atoms. The smallest absolute Gasteiger partial charge is 0.409 e. The number of likely N-dealkylation sites (tertiary alicyclic amines) is 1. The standard InChI is InChI=1S/C17H31N3O4/c1-5-24-17(23)19-9-6-15(7-10-19)18-16(22)8-11-20(14(4)21)12-13(2)3/h13,15H,5-12H2,1-4H3,(H,18,22). The summed E-state index contributed by atoms with van der Waals surface area (Å²) in [6, 6.07) is 0.0825. The summed E-state index contributed by atoms with van der Waals surface area (Å²) in [7, 11) is 0. The van der Waals surface area contributed by atoms with Crippen molar-refractivity contribution in [2.24, 2.45) is 5.92 Å². The van der Waals surface area contributed by atoms with Crippen LogP contribution in [0.25, 0.3) is 0 Å². The number of rotatable bonds is 7. The molecule has 1 rings (SSSR count). The SMILES string of the molecule is CCOC(=O)N1CCC(NC(=O)CCN(CC(C)C)C(C)=O)CC1. The largest absolute Gasteiger partial charge is 0.450 e. The van der Waals surface area contributed by atoms with E-state index < -0.39 is 0 Å². The molecule has 1 aliphatic rings. The number of ether oxygens (including phenoxy) is 1. The van der Waals surface area contributed by atoms with E-state index in [0.29, 0.717) is 45.1 Å². The number of hydrogen-bond acceptors (Lipinski definition) is 4. The molecule has 0 saturated carbocycles. The Bertz CT molecular complexity index is 432. The van der Waals surface area contributed by atoms with Crippen molar-refractivity contribution < 1.29 is 19.1 Å². The molecule has 24 heavy (non-hydrogen) atoms. The Balaban J connectivity index is 2.31. The van der Waals surface area contributed by atoms with E-state index in [1.807, 2.05) is 13.8 Å². The van der Waals surface area contributed by atoms with Gasteiger partial charge in [0, 0.05) is 45.6 Å². The highest BCUT2D eigenvalue weighted by atomic mass is 16.6. The first-order chi connectivity index (χ1) is 11.3. The maximum absolute atomic E-state index is 12.1. The Hall–Kier alpha value is -1.79. The van der Waals surface area contributed by atoms with E-state index in [-0.39, 0.29) is 23.9 Å². The van der Waals surface area contributed by atoms with Crippen LogP contribution >= 0.6 is 0 Å². The minimum Gasteiger partial charge on any atom is -0.450 e. The van der Waals surface area contributed by atoms with Gasteiger partial charge in [0.2, 0.25) is 11.8 Å². The van der Waals surface area contributed by atoms with E-state index in [1.54, 1.807) is 16.7 Å². The number of nitrogens with one attached hydrogen (secondary N) is 1. The second kappa shape index (κ2) is 10.2. The van der Waals surface area contributed by atoms with Crippen molar-refractivity contribution in [2.45, 2.75) is 53.0 Å². The zero-order valence-corrected chi connectivity index (χ0v) is 15.3. The molecule has 7 nitrogen and oxygen atoms in total. The Labute approximate surface area is 144 Å². The van der Waals surface area contributed by atoms with Crippen molar-refractivity contribution in [1.82, 2.24) is 15.1 Å². The maximum atomic E-state index is 12.1. The van der Waals surface area contributed by atoms with Crippen LogP contribution in [0.5, 0.6) is 0 Å². The molecule has 0 unspecified atom stereocenters. The lowest BCUT2D eigenvalue weighted by Gasteiger charge is -2.31. The van der Waals surface area contributed by atoms with Gasteiger partial charge in [-0.15, -0.1) is 0 Å². The zero-order chi connectivity index (χ0) is 18.1. The second-order valence-electron chi connectivity index (χ2n) is 6.64. The number of amides is 3. The molecule has 0 aromatic heterocycles. The molecule has 1 saturated heterocycles. The molecule has 1 aliphatic heterocycles. The van der Waals surface area contributed by atoms with Crippen LogP contribution in [-0.4, -0.2) is 66.5 Å². The molecule has 0 atom stereocenters. The van der Waals surface area contributed by atoms with Crippen LogP contribution in [0.1, 0.15) is 47.0 Å². The van der Waals surface area contributed by atoms with Crippen LogP contribution < -0.4 is 5.32 Å². The zero-order valence-electron chi connectivity index (χ0n) is 15.3. The Kier molecular flexibility index (Phi) is 8.57. The summed E-state index contributed by atoms with van der Waals surface area (Å²) in [5.74, 6) is 0.336. The molecule has 138 valence electrons. The lowest BCUT2D eigenvalue weighted by molar-refractivity contribution is -0.130. The van der Waals surface area contributed by atoms with Crippen LogP contribution in [0.2, 0.25) is 0 Å². The van der Waals surface area contributed by atoms with Gasteiger partial charge in [0.05, 0.1) is 6.61 Å². The first-order valence-electron chi connectivity index (χ1n) is 8.80. The van der Waals surface area contributed by atoms with Crippen molar-refractivity contribution in [2.75, 3.05) is 32.8 Å². The monoisotopic (exact) mass is 341 g/mol. The van der Waals surface area contributed by atoms with Gasteiger partial charge < -0.3 is 19.9 Å². The highest BCUT2D eigenvalue weighted by Crippen LogP contribution is 2.12. The van der Waals surface area contributed by atoms with Gasteiger partial charge in [-0.05, 0) is 25.7 Å². The lowest BCUT2D eigenvalue weighted by atomic mass is 10.1. The fraction of sp³-hybridized carbons (Fsp3) is 0.824. The van der Waals surface area contributed by atoms with Crippen LogP contribution in [0, 0.1) is 5.92 Å². The quantitative estimate of drug-likeness (QED) is 0.763. The summed E-state index contributed by atoms with van der Waals surface area (Å²) in [6.45, 7) is 10.1. The normalized spacial score (nSPS) is 15.3. The van der Waals surface area contributed by atoms with Crippen molar-refractivity contribution in [3.8, 4) is 0 Å². The van der Waals surface area contributed by atoms with Gasteiger partial charge in [0.1, 0.15) is 0 Å². The van der Waals surface area contributed by atoms with E-state index in [4.69, 9.17) is 4.74 Å². The maximum Gasteiger partial charge on any atom is 0.409 e. The molecular weight excluding hydrogens is 310 g/mol. The number of carbonyl (C=O) groups excluding carboxylic acids is 3. The van der Waals surface area contributed by atoms with Gasteiger partial charge in [-0.25, -0.2) is 4.79 Å². The topological polar surface area (TPSA) is 79.0 Å². The van der Waals surface area contributed by atoms with Gasteiger partial charge in [0.25, 0.3) is 0 Å². The van der Waals surface area contributed by atoms with Crippen molar-refractivity contribution in [3.05, 3.63) is 0 Å². The lowest BCUT2D eigenvalue weighted by Crippen LogP contribution is -2.47. The third kappa shape index (κ3) is 7.19. The van der Waals surface area contributed by atoms with Gasteiger partial charge in [-0.2, -0.15) is 0 Å². The van der Waals surface area contributed by atoms with Gasteiger partial charge in [-0.3, -0.25) is 9.59 Å². The summed E-state index contributed by atoms with van der Waals surface area (Å²) in [6.07, 6.45) is 1.48. The summed E-state index contributed by atoms with van der Waals surface area (Å²) < 4.78 is 4.98. The predicted molar refractivity (Wildman–Crippen MR) is 91.5 cm³/mol. The molecule has 0 aliphatic carbocycles. The van der Waals surface area contributed by atoms with Crippen LogP contribution in [0.4, 0.5) is 4.79 Å². The van der Waals surface area contributed by atoms with E-state index in [1.165, 1.54) is 6.92 Å². The molecule has 3 amide bonds. The second-order valence-corrected chi connectivity index (χ2v) is 6.64. The van der Waals surface area contributed by atoms with Crippen LogP contribution in [0.15, 0.2) is 0 Å². The first kappa shape index (κ1) is 20.3. The van der Waals surface area contributed by atoms with Gasteiger partial charge in [-0.1, -0.05) is 13.8 Å². The minimum atomic E-state index is -0.284. The minimum absolute atomic E-state index is 0.000699. The van der Waals surface area contributed by atoms with Gasteiger partial charge >= 0.3 is 6.09 Å². The molecule has 0 radical (unpaired) electrons. The fourth-order valence-electron chi connectivity index (χ4n) is 2.78. The molecule has 7 heteroatoms. The summed E-state index contributed by atoms with van der Waals surface area (Å²) in [4.78, 5) is 38.7. The molecule has 1 N–H and O–H groups in total. The van der Waals surface area contributed by atoms with E-state index in [9.17, 15) is 14.4 Å². The Morgan fingerprint density at radius 1 is 1.25 bits per heavy atom. The van der Waals surface area contributed by atoms with E-state index in [0.717, 1.165) is 12.8 Å². The summed E-state index contributed by atoms with van der Waals surface area (Å²) in [5.41, 5.74) is 0. The van der Waals surface area contributed by atoms with Crippen molar-refractivity contribution >= 4 is 17.9 Å². The Morgan fingerprint density at radius 2 is 1.88 bits per heavy atom. The van der Waals surface area contributed by atoms with E-state index >= 15 is 0 Å². The van der Waals surface area contributed by atoms with Crippen molar-refractivity contribution in [3.63, 3.8) is 0 Å². The average molecular weight is 341 g/mol. The molecule has 1 heterocycles. The molecular formula is C17H31N3O4. The fourth-order valence-corrected chi connectivity index (χ4v) is 2.78. The average Bonchev–Trinajstić information content (AvgIpc) is 2.51. The highest BCUT2D eigenvalue weighted by molar-refractivity contribution is 5.78. The predicted octanol–water partition coefficient (Wildman–Crippen LogP) is 1.62. The number of nitrogens with zero attached hydrogens (tertiary/aromatic N) is 2. The molecule has 0 aromatic rings. The third-order valence-electron chi connectivity index (χ3n) is 4.03. The number of hydrogen-bond donors (Lipinski definition) is 1. The number of piperidine rings is 1. The third-order valence-corrected chi connectivity index (χ3v) is 4.03. The Morgan fingerprint density at radius 3 is 2.38 bits per heavy atom. The summed E-state index contributed by atoms with van der Waals surface area (Å²) in [5, 5.41) is 3.00. The van der Waals surface area contributed by atoms with Gasteiger partial charge in [0.15, 0.2) is 0 Å². The summed E-state index contributed by atoms with van der Waals surface area (Å²) >= 11 is 0. The highest BCUT2D eigenvalue weighted by Gasteiger charge is 2.24. The number of carbonyl (C=O) groups is 3. The molecule has 1 fully saturated rings. The molecule has 0 bridgehead atoms. The van der Waals surface area contributed by atoms with Crippen molar-refractivity contribution in [1.29, 1.82) is 0 Å². The van der Waals surface area contributed by atoms with E-state index in [2.05, 4.69) is 5.32 Å². The van der Waals surface area contributed by atoms with Crippen LogP contribution in [-0.2, 0) is 14.3 Å². The molecule has 0 aromatic carbocycles.